The average molecular weight is 369 g/mol. The number of nitrogens with zero attached hydrogens (tertiary/aromatic N) is 4. The second kappa shape index (κ2) is 7.09. The molecule has 3 aliphatic rings. The molecular formula is C18H19N5O2S. The molecule has 1 aromatic heterocycles. The first-order chi connectivity index (χ1) is 12.6. The van der Waals surface area contributed by atoms with Gasteiger partial charge in [-0.25, -0.2) is 0 Å². The number of amides is 1. The Morgan fingerprint density at radius 2 is 2.04 bits per heavy atom. The number of nitrogens with one attached hydrogen (secondary N) is 1. The molecular weight excluding hydrogens is 350 g/mol. The summed E-state index contributed by atoms with van der Waals surface area (Å²) in [5.41, 5.74) is 0.640. The fourth-order valence-corrected chi connectivity index (χ4v) is 4.53. The highest BCUT2D eigenvalue weighted by atomic mass is 32.2. The Morgan fingerprint density at radius 1 is 1.31 bits per heavy atom. The molecule has 1 amide bonds. The molecule has 1 N–H and O–H groups in total. The molecule has 4 heterocycles. The Kier molecular flexibility index (Phi) is 4.66. The van der Waals surface area contributed by atoms with Crippen molar-refractivity contribution in [3.8, 4) is 6.07 Å². The predicted molar refractivity (Wildman–Crippen MR) is 94.6 cm³/mol. The Bertz CT molecular complexity index is 834. The second-order valence-electron chi connectivity index (χ2n) is 6.72. The van der Waals surface area contributed by atoms with Gasteiger partial charge in [0.25, 0.3) is 11.1 Å². The molecule has 1 aromatic carbocycles. The Balaban J connectivity index is 1.40. The lowest BCUT2D eigenvalue weighted by Gasteiger charge is -2.49. The van der Waals surface area contributed by atoms with E-state index < -0.39 is 0 Å². The fraction of sp³-hybridized carbons (Fsp3) is 0.444. The number of hydrogen-bond acceptors (Lipinski definition) is 7. The van der Waals surface area contributed by atoms with Gasteiger partial charge in [0.05, 0.1) is 0 Å². The molecule has 0 saturated carbocycles. The van der Waals surface area contributed by atoms with E-state index in [1.165, 1.54) is 24.6 Å². The van der Waals surface area contributed by atoms with Gasteiger partial charge in [0.2, 0.25) is 0 Å². The van der Waals surface area contributed by atoms with Crippen LogP contribution >= 0.6 is 11.8 Å². The van der Waals surface area contributed by atoms with Crippen LogP contribution in [-0.2, 0) is 0 Å². The van der Waals surface area contributed by atoms with Gasteiger partial charge >= 0.3 is 5.89 Å². The van der Waals surface area contributed by atoms with Gasteiger partial charge in [-0.15, -0.1) is 0 Å². The zero-order valence-electron chi connectivity index (χ0n) is 14.4. The molecule has 3 aliphatic heterocycles. The molecule has 134 valence electrons. The Morgan fingerprint density at radius 3 is 2.65 bits per heavy atom. The van der Waals surface area contributed by atoms with Crippen LogP contribution in [0, 0.1) is 17.2 Å². The largest absolute Gasteiger partial charge is 0.403 e. The van der Waals surface area contributed by atoms with E-state index in [4.69, 9.17) is 9.68 Å². The molecule has 0 radical (unpaired) electrons. The third-order valence-corrected chi connectivity index (χ3v) is 6.15. The summed E-state index contributed by atoms with van der Waals surface area (Å²) in [6.07, 6.45) is 2.33. The summed E-state index contributed by atoms with van der Waals surface area (Å²) in [4.78, 5) is 16.0. The van der Waals surface area contributed by atoms with E-state index in [0.717, 1.165) is 18.0 Å². The highest BCUT2D eigenvalue weighted by Gasteiger charge is 2.40. The van der Waals surface area contributed by atoms with Crippen LogP contribution in [0.15, 0.2) is 38.8 Å². The summed E-state index contributed by atoms with van der Waals surface area (Å²) in [6.45, 7) is 4.50. The fourth-order valence-electron chi connectivity index (χ4n) is 3.85. The van der Waals surface area contributed by atoms with E-state index in [1.54, 1.807) is 18.2 Å². The summed E-state index contributed by atoms with van der Waals surface area (Å²) >= 11 is 1.26. The van der Waals surface area contributed by atoms with Crippen molar-refractivity contribution < 1.29 is 9.21 Å². The maximum absolute atomic E-state index is 12.6. The second-order valence-corrected chi connectivity index (χ2v) is 7.75. The smallest absolute Gasteiger partial charge is 0.321 e. The van der Waals surface area contributed by atoms with Crippen LogP contribution < -0.4 is 5.32 Å². The van der Waals surface area contributed by atoms with E-state index >= 15 is 0 Å². The van der Waals surface area contributed by atoms with Crippen LogP contribution in [0.3, 0.4) is 0 Å². The molecule has 0 aliphatic carbocycles. The van der Waals surface area contributed by atoms with Gasteiger partial charge in [-0.2, -0.15) is 5.26 Å². The van der Waals surface area contributed by atoms with Crippen LogP contribution in [0.4, 0.5) is 0 Å². The zero-order valence-corrected chi connectivity index (χ0v) is 15.2. The number of rotatable bonds is 4. The maximum atomic E-state index is 12.6. The van der Waals surface area contributed by atoms with E-state index in [0.29, 0.717) is 22.7 Å². The van der Waals surface area contributed by atoms with Crippen molar-refractivity contribution in [2.75, 3.05) is 13.1 Å². The summed E-state index contributed by atoms with van der Waals surface area (Å²) in [5, 5.41) is 19.6. The van der Waals surface area contributed by atoms with Gasteiger partial charge in [-0.3, -0.25) is 9.69 Å². The average Bonchev–Trinajstić information content (AvgIpc) is 3.13. The predicted octanol–water partition coefficient (Wildman–Crippen LogP) is 2.30. The lowest BCUT2D eigenvalue weighted by molar-refractivity contribution is 0.0217. The number of hydrogen-bond donors (Lipinski definition) is 1. The quantitative estimate of drug-likeness (QED) is 0.883. The normalized spacial score (nSPS) is 27.1. The van der Waals surface area contributed by atoms with E-state index in [1.807, 2.05) is 12.1 Å². The highest BCUT2D eigenvalue weighted by Crippen LogP contribution is 2.32. The minimum atomic E-state index is -0.0601. The van der Waals surface area contributed by atoms with Crippen LogP contribution in [0.5, 0.6) is 0 Å². The molecule has 8 heteroatoms. The van der Waals surface area contributed by atoms with Crippen LogP contribution in [0.25, 0.3) is 0 Å². The molecule has 5 rings (SSSR count). The van der Waals surface area contributed by atoms with E-state index in [2.05, 4.69) is 27.3 Å². The number of carbonyl (C=O) groups is 1. The molecule has 2 atom stereocenters. The molecule has 2 bridgehead atoms. The number of carbonyl (C=O) groups excluding carboxylic acids is 1. The molecule has 2 aromatic rings. The first kappa shape index (κ1) is 17.1. The topological polar surface area (TPSA) is 95.0 Å². The minimum absolute atomic E-state index is 0.0308. The lowest BCUT2D eigenvalue weighted by Crippen LogP contribution is -2.62. The van der Waals surface area contributed by atoms with Crippen molar-refractivity contribution in [1.29, 1.82) is 5.26 Å². The summed E-state index contributed by atoms with van der Waals surface area (Å²) in [6, 6.07) is 9.70. The summed E-state index contributed by atoms with van der Waals surface area (Å²) in [5.74, 6) is 0.493. The van der Waals surface area contributed by atoms with Crippen molar-refractivity contribution in [3.63, 3.8) is 0 Å². The van der Waals surface area contributed by atoms with Crippen molar-refractivity contribution in [2.24, 2.45) is 5.92 Å². The summed E-state index contributed by atoms with van der Waals surface area (Å²) < 4.78 is 5.15. The van der Waals surface area contributed by atoms with E-state index in [9.17, 15) is 4.79 Å². The number of piperidine rings is 3. The SMILES string of the molecule is CC1C(NC(=O)c2ccc(Sc3nnc(C#N)o3)cc2)C2CCN1CC2. The third kappa shape index (κ3) is 3.32. The maximum Gasteiger partial charge on any atom is 0.321 e. The molecule has 3 fully saturated rings. The van der Waals surface area contributed by atoms with Gasteiger partial charge in [-0.05, 0) is 74.8 Å². The van der Waals surface area contributed by atoms with Gasteiger partial charge in [0.1, 0.15) is 0 Å². The van der Waals surface area contributed by atoms with Crippen molar-refractivity contribution >= 4 is 17.7 Å². The standard InChI is InChI=1S/C18H19N5O2S/c1-11-16(12-6-8-23(11)9-7-12)20-17(24)13-2-4-14(5-3-13)26-18-22-21-15(10-19)25-18/h2-5,11-12,16H,6-9H2,1H3,(H,20,24). The van der Waals surface area contributed by atoms with Gasteiger partial charge in [0, 0.05) is 22.5 Å². The minimum Gasteiger partial charge on any atom is -0.403 e. The molecule has 3 saturated heterocycles. The van der Waals surface area contributed by atoms with Gasteiger partial charge < -0.3 is 9.73 Å². The first-order valence-corrected chi connectivity index (χ1v) is 9.52. The molecule has 26 heavy (non-hydrogen) atoms. The van der Waals surface area contributed by atoms with Crippen LogP contribution in [-0.4, -0.2) is 46.2 Å². The highest BCUT2D eigenvalue weighted by molar-refractivity contribution is 7.99. The van der Waals surface area contributed by atoms with Crippen molar-refractivity contribution in [3.05, 3.63) is 35.7 Å². The van der Waals surface area contributed by atoms with Crippen molar-refractivity contribution in [2.45, 2.75) is 42.0 Å². The van der Waals surface area contributed by atoms with E-state index in [-0.39, 0.29) is 17.8 Å². The monoisotopic (exact) mass is 369 g/mol. The first-order valence-electron chi connectivity index (χ1n) is 8.70. The van der Waals surface area contributed by atoms with Crippen LogP contribution in [0.1, 0.15) is 36.0 Å². The Labute approximate surface area is 155 Å². The van der Waals surface area contributed by atoms with Crippen LogP contribution in [0.2, 0.25) is 0 Å². The lowest BCUT2D eigenvalue weighted by atomic mass is 9.79. The van der Waals surface area contributed by atoms with Gasteiger partial charge in [0.15, 0.2) is 6.07 Å². The molecule has 7 nitrogen and oxygen atoms in total. The zero-order chi connectivity index (χ0) is 18.1. The number of fused-ring (bicyclic) bond motifs is 3. The molecule has 0 spiro atoms. The van der Waals surface area contributed by atoms with Gasteiger partial charge in [-0.1, -0.05) is 10.2 Å². The number of nitriles is 1. The number of aromatic nitrogens is 2. The van der Waals surface area contributed by atoms with Crippen molar-refractivity contribution in [1.82, 2.24) is 20.4 Å². The third-order valence-electron chi connectivity index (χ3n) is 5.30. The Hall–Kier alpha value is -2.37. The molecule has 2 unspecified atom stereocenters. The number of benzene rings is 1. The summed E-state index contributed by atoms with van der Waals surface area (Å²) in [7, 11) is 0.